The number of aromatic amines is 1. The summed E-state index contributed by atoms with van der Waals surface area (Å²) in [4.78, 5) is 47.6. The minimum absolute atomic E-state index is 0.0123. The number of phenolic OH excluding ortho intramolecular Hbond substituents is 1. The molecular weight excluding hydrogens is 592 g/mol. The number of carbonyl (C=O) groups excluding carboxylic acids is 3. The van der Waals surface area contributed by atoms with Crippen LogP contribution >= 0.6 is 0 Å². The molecule has 1 unspecified atom stereocenters. The van der Waals surface area contributed by atoms with Crippen LogP contribution in [0.3, 0.4) is 0 Å². The van der Waals surface area contributed by atoms with E-state index in [1.807, 2.05) is 30.5 Å². The number of para-hydroxylation sites is 1. The molecule has 0 spiro atoms. The van der Waals surface area contributed by atoms with E-state index in [1.54, 1.807) is 30.9 Å². The molecule has 3 aromatic carbocycles. The van der Waals surface area contributed by atoms with Gasteiger partial charge in [0.05, 0.1) is 23.3 Å². The van der Waals surface area contributed by atoms with Gasteiger partial charge in [0.2, 0.25) is 18.3 Å². The van der Waals surface area contributed by atoms with Crippen molar-refractivity contribution in [1.82, 2.24) is 9.88 Å². The molecule has 3 aliphatic heterocycles. The zero-order chi connectivity index (χ0) is 32.0. The number of carbonyl (C=O) groups is 3. The average Bonchev–Trinajstić information content (AvgIpc) is 3.58. The molecule has 0 saturated carbocycles. The predicted octanol–water partition coefficient (Wildman–Crippen LogP) is 3.69. The van der Waals surface area contributed by atoms with Crippen molar-refractivity contribution in [3.05, 3.63) is 99.9 Å². The Kier molecular flexibility index (Phi) is 6.37. The van der Waals surface area contributed by atoms with Gasteiger partial charge in [0.1, 0.15) is 29.3 Å². The van der Waals surface area contributed by atoms with Crippen LogP contribution in [0.4, 0.5) is 0 Å². The van der Waals surface area contributed by atoms with Gasteiger partial charge in [-0.25, -0.2) is 4.79 Å². The third-order valence-electron chi connectivity index (χ3n) is 9.35. The summed E-state index contributed by atoms with van der Waals surface area (Å²) in [6, 6.07) is 14.6. The Labute approximate surface area is 262 Å². The van der Waals surface area contributed by atoms with Crippen LogP contribution < -0.4 is 4.74 Å². The number of ether oxygens (including phenoxy) is 3. The summed E-state index contributed by atoms with van der Waals surface area (Å²) in [6.45, 7) is 3.38. The van der Waals surface area contributed by atoms with E-state index < -0.39 is 54.4 Å². The Morgan fingerprint density at radius 2 is 1.83 bits per heavy atom. The van der Waals surface area contributed by atoms with Crippen molar-refractivity contribution in [2.24, 2.45) is 0 Å². The zero-order valence-electron chi connectivity index (χ0n) is 24.9. The van der Waals surface area contributed by atoms with Crippen molar-refractivity contribution < 1.29 is 43.9 Å². The number of nitrogens with zero attached hydrogens (tertiary/aromatic N) is 1. The van der Waals surface area contributed by atoms with Crippen LogP contribution in [0, 0.1) is 6.92 Å². The summed E-state index contributed by atoms with van der Waals surface area (Å²) < 4.78 is 17.8. The number of fused-ring (bicyclic) bond motifs is 7. The number of aromatic nitrogens is 1. The molecule has 6 atom stereocenters. The number of aromatic hydroxyl groups is 1. The molecule has 234 valence electrons. The molecule has 11 heteroatoms. The van der Waals surface area contributed by atoms with E-state index in [-0.39, 0.29) is 52.3 Å². The molecule has 1 aliphatic carbocycles. The number of aryl methyl sites for hydroxylation is 1. The molecule has 11 nitrogen and oxygen atoms in total. The van der Waals surface area contributed by atoms with Gasteiger partial charge in [0.25, 0.3) is 0 Å². The monoisotopic (exact) mass is 622 g/mol. The second-order valence-electron chi connectivity index (χ2n) is 12.3. The minimum atomic E-state index is -1.11. The maximum atomic E-state index is 14.7. The van der Waals surface area contributed by atoms with Gasteiger partial charge in [-0.05, 0) is 49.2 Å². The van der Waals surface area contributed by atoms with Crippen LogP contribution in [-0.2, 0) is 20.7 Å². The first-order valence-electron chi connectivity index (χ1n) is 15.1. The molecular formula is C35H30N2O9. The molecule has 2 saturated heterocycles. The van der Waals surface area contributed by atoms with E-state index in [0.29, 0.717) is 11.1 Å². The van der Waals surface area contributed by atoms with E-state index >= 15 is 0 Å². The number of phenols is 1. The summed E-state index contributed by atoms with van der Waals surface area (Å²) in [7, 11) is 0. The highest BCUT2D eigenvalue weighted by Gasteiger charge is 2.54. The third kappa shape index (κ3) is 4.12. The van der Waals surface area contributed by atoms with E-state index in [1.165, 1.54) is 18.2 Å². The zero-order valence-corrected chi connectivity index (χ0v) is 24.9. The van der Waals surface area contributed by atoms with Crippen molar-refractivity contribution in [2.75, 3.05) is 0 Å². The fourth-order valence-corrected chi connectivity index (χ4v) is 7.21. The summed E-state index contributed by atoms with van der Waals surface area (Å²) >= 11 is 0. The first-order valence-corrected chi connectivity index (χ1v) is 15.1. The highest BCUT2D eigenvalue weighted by molar-refractivity contribution is 6.41. The molecule has 4 aromatic rings. The van der Waals surface area contributed by atoms with Gasteiger partial charge in [0.15, 0.2) is 5.78 Å². The van der Waals surface area contributed by atoms with E-state index in [4.69, 9.17) is 14.2 Å². The first kappa shape index (κ1) is 28.5. The highest BCUT2D eigenvalue weighted by Crippen LogP contribution is 2.52. The Bertz CT molecular complexity index is 2000. The molecule has 0 radical (unpaired) electrons. The maximum Gasteiger partial charge on any atom is 0.331 e. The number of rotatable bonds is 4. The van der Waals surface area contributed by atoms with Crippen molar-refractivity contribution >= 4 is 34.0 Å². The van der Waals surface area contributed by atoms with Crippen LogP contribution in [0.25, 0.3) is 16.5 Å². The summed E-state index contributed by atoms with van der Waals surface area (Å²) in [5.41, 5.74) is 2.95. The maximum absolute atomic E-state index is 14.7. The van der Waals surface area contributed by atoms with Gasteiger partial charge in [-0.15, -0.1) is 0 Å². The molecule has 4 aliphatic rings. The molecule has 8 rings (SSSR count). The molecule has 0 amide bonds. The molecule has 0 bridgehead atoms. The largest absolute Gasteiger partial charge is 0.507 e. The van der Waals surface area contributed by atoms with Crippen LogP contribution in [-0.4, -0.2) is 73.4 Å². The standard InChI is InChI=1S/C35H30N2O9/c1-15-10-20-27(23(38)11-15)29-30(37-22(35(43)46-34(20)37)12-17-14-36-21-8-4-3-6-18(17)21)33(42)28-19(32(29)41)7-5-9-25(28)45-26-13-24(39)31(40)16(2)44-26/h3-11,14,16,22,24,26,31,34,36,38-40H,12-13H2,1-2H3/t16-,22-,24+,26-,31-,34?/m0/s1. The van der Waals surface area contributed by atoms with Crippen LogP contribution in [0.5, 0.6) is 11.5 Å². The second kappa shape index (κ2) is 10.3. The second-order valence-corrected chi connectivity index (χ2v) is 12.3. The predicted molar refractivity (Wildman–Crippen MR) is 163 cm³/mol. The summed E-state index contributed by atoms with van der Waals surface area (Å²) in [6.07, 6.45) is -3.07. The van der Waals surface area contributed by atoms with E-state index in [2.05, 4.69) is 4.98 Å². The van der Waals surface area contributed by atoms with Crippen molar-refractivity contribution in [2.45, 2.75) is 63.6 Å². The molecule has 2 fully saturated rings. The van der Waals surface area contributed by atoms with Crippen molar-refractivity contribution in [3.63, 3.8) is 0 Å². The topological polar surface area (TPSA) is 159 Å². The third-order valence-corrected chi connectivity index (χ3v) is 9.35. The number of nitrogens with one attached hydrogen (secondary N) is 1. The number of esters is 1. The van der Waals surface area contributed by atoms with Gasteiger partial charge in [0, 0.05) is 46.6 Å². The summed E-state index contributed by atoms with van der Waals surface area (Å²) in [5.74, 6) is -1.82. The number of hydrogen-bond donors (Lipinski definition) is 4. The Morgan fingerprint density at radius 3 is 2.63 bits per heavy atom. The lowest BCUT2D eigenvalue weighted by Gasteiger charge is -2.39. The first-order chi connectivity index (χ1) is 22.1. The van der Waals surface area contributed by atoms with E-state index in [0.717, 1.165) is 16.5 Å². The fourth-order valence-electron chi connectivity index (χ4n) is 7.21. The van der Waals surface area contributed by atoms with Gasteiger partial charge >= 0.3 is 5.97 Å². The van der Waals surface area contributed by atoms with Crippen LogP contribution in [0.2, 0.25) is 0 Å². The Morgan fingerprint density at radius 1 is 1.02 bits per heavy atom. The molecule has 1 aromatic heterocycles. The summed E-state index contributed by atoms with van der Waals surface area (Å²) in [5, 5.41) is 32.6. The Hall–Kier alpha value is -4.97. The van der Waals surface area contributed by atoms with Gasteiger partial charge in [-0.1, -0.05) is 30.3 Å². The smallest absolute Gasteiger partial charge is 0.331 e. The van der Waals surface area contributed by atoms with Gasteiger partial charge in [-0.3, -0.25) is 9.59 Å². The lowest BCUT2D eigenvalue weighted by Crippen LogP contribution is -2.48. The van der Waals surface area contributed by atoms with Gasteiger partial charge < -0.3 is 39.4 Å². The molecule has 46 heavy (non-hydrogen) atoms. The number of hydrogen-bond acceptors (Lipinski definition) is 10. The Balaban J connectivity index is 1.27. The van der Waals surface area contributed by atoms with Crippen LogP contribution in [0.15, 0.2) is 66.5 Å². The highest BCUT2D eigenvalue weighted by atomic mass is 16.7. The number of benzene rings is 3. The quantitative estimate of drug-likeness (QED) is 0.247. The number of allylic oxidation sites excluding steroid dienone is 2. The normalized spacial score (nSPS) is 26.9. The number of H-pyrrole nitrogens is 1. The van der Waals surface area contributed by atoms with Crippen molar-refractivity contribution in [1.29, 1.82) is 0 Å². The van der Waals surface area contributed by atoms with Crippen molar-refractivity contribution in [3.8, 4) is 11.5 Å². The number of ketones is 2. The average molecular weight is 623 g/mol. The minimum Gasteiger partial charge on any atom is -0.507 e. The number of Topliss-reactive ketones (excluding diaryl/α,β-unsaturated/α-hetero) is 2. The number of aliphatic hydroxyl groups is 2. The lowest BCUT2D eigenvalue weighted by atomic mass is 9.78. The van der Waals surface area contributed by atoms with E-state index in [9.17, 15) is 29.7 Å². The van der Waals surface area contributed by atoms with Crippen LogP contribution in [0.1, 0.15) is 62.5 Å². The molecule has 4 heterocycles. The fraction of sp³-hybridized carbons (Fsp3) is 0.286. The lowest BCUT2D eigenvalue weighted by molar-refractivity contribution is -0.216. The SMILES string of the molecule is Cc1cc(O)c2c(c1)C1OC(=O)[C@H](Cc3c[nH]c4ccccc34)N1C1=C2C(=O)c2cccc(O[C@H]3C[C@@H](O)[C@@H](O)[C@H](C)O3)c2C1=O. The molecule has 4 N–H and O–H groups in total. The number of aliphatic hydroxyl groups excluding tert-OH is 2. The van der Waals surface area contributed by atoms with Gasteiger partial charge in [-0.2, -0.15) is 0 Å².